The number of unbranched alkanes of at least 4 members (excludes halogenated alkanes) is 1. The van der Waals surface area contributed by atoms with Crippen molar-refractivity contribution in [2.75, 3.05) is 7.11 Å². The summed E-state index contributed by atoms with van der Waals surface area (Å²) in [5, 5.41) is 10.2. The highest BCUT2D eigenvalue weighted by molar-refractivity contribution is 5.68. The average Bonchev–Trinajstić information content (AvgIpc) is 3.02. The van der Waals surface area contributed by atoms with Crippen molar-refractivity contribution in [2.24, 2.45) is 34.5 Å². The molecule has 3 heteroatoms. The van der Waals surface area contributed by atoms with E-state index >= 15 is 0 Å². The van der Waals surface area contributed by atoms with E-state index in [1.807, 2.05) is 0 Å². The lowest BCUT2D eigenvalue weighted by atomic mass is 9.47. The molecule has 0 spiro atoms. The molecular weight excluding hydrogens is 348 g/mol. The van der Waals surface area contributed by atoms with Gasteiger partial charge in [-0.2, -0.15) is 0 Å². The molecule has 0 amide bonds. The van der Waals surface area contributed by atoms with Gasteiger partial charge in [-0.25, -0.2) is 0 Å². The van der Waals surface area contributed by atoms with Crippen molar-refractivity contribution < 1.29 is 14.6 Å². The molecule has 0 radical (unpaired) electrons. The number of carbonyl (C=O) groups excluding carboxylic acids is 1. The Labute approximate surface area is 171 Å². The number of fused-ring (bicyclic) bond motifs is 5. The third kappa shape index (κ3) is 3.36. The molecule has 3 saturated carbocycles. The first-order valence-corrected chi connectivity index (χ1v) is 11.8. The minimum absolute atomic E-state index is 0.0633. The second-order valence-electron chi connectivity index (χ2n) is 10.8. The second-order valence-corrected chi connectivity index (χ2v) is 10.8. The average molecular weight is 389 g/mol. The maximum Gasteiger partial charge on any atom is 0.305 e. The standard InChI is InChI=1S/C25H40O3/c1-24-15-13-22-20(10-8-18-16-19(26)12-14-25(18,22)2)21(24)11-9-17(24)6-4-5-7-23(27)28-3/h8,17,19-22,26H,4-7,9-16H2,1-3H3/t17-,19-,20-,21-,22-,24+,25-/m0/s1. The van der Waals surface area contributed by atoms with Crippen LogP contribution in [0.25, 0.3) is 0 Å². The van der Waals surface area contributed by atoms with E-state index in [0.717, 1.165) is 49.4 Å². The Morgan fingerprint density at radius 1 is 1.14 bits per heavy atom. The molecule has 0 aliphatic heterocycles. The van der Waals surface area contributed by atoms with Crippen molar-refractivity contribution in [2.45, 2.75) is 97.0 Å². The quantitative estimate of drug-likeness (QED) is 0.375. The van der Waals surface area contributed by atoms with E-state index in [9.17, 15) is 9.90 Å². The number of allylic oxidation sites excluding steroid dienone is 1. The Bertz CT molecular complexity index is 625. The number of carbonyl (C=O) groups is 1. The number of rotatable bonds is 5. The molecule has 28 heavy (non-hydrogen) atoms. The first-order valence-electron chi connectivity index (χ1n) is 11.8. The number of methoxy groups -OCH3 is 1. The van der Waals surface area contributed by atoms with Crippen molar-refractivity contribution in [1.29, 1.82) is 0 Å². The Balaban J connectivity index is 1.43. The summed E-state index contributed by atoms with van der Waals surface area (Å²) in [7, 11) is 1.49. The highest BCUT2D eigenvalue weighted by Gasteiger charge is 2.58. The largest absolute Gasteiger partial charge is 0.469 e. The summed E-state index contributed by atoms with van der Waals surface area (Å²) >= 11 is 0. The number of hydrogen-bond acceptors (Lipinski definition) is 3. The molecule has 0 heterocycles. The predicted octanol–water partition coefficient (Wildman–Crippen LogP) is 5.66. The smallest absolute Gasteiger partial charge is 0.305 e. The first-order chi connectivity index (χ1) is 13.4. The molecule has 4 aliphatic rings. The fourth-order valence-corrected chi connectivity index (χ4v) is 7.99. The molecular formula is C25H40O3. The highest BCUT2D eigenvalue weighted by atomic mass is 16.5. The van der Waals surface area contributed by atoms with Crippen molar-refractivity contribution in [1.82, 2.24) is 0 Å². The molecule has 0 saturated heterocycles. The Hall–Kier alpha value is -0.830. The van der Waals surface area contributed by atoms with Gasteiger partial charge in [0.25, 0.3) is 0 Å². The van der Waals surface area contributed by atoms with Crippen LogP contribution in [0.1, 0.15) is 90.9 Å². The van der Waals surface area contributed by atoms with Crippen molar-refractivity contribution in [3.8, 4) is 0 Å². The minimum Gasteiger partial charge on any atom is -0.469 e. The summed E-state index contributed by atoms with van der Waals surface area (Å²) < 4.78 is 4.79. The summed E-state index contributed by atoms with van der Waals surface area (Å²) in [6, 6.07) is 0. The lowest BCUT2D eigenvalue weighted by Gasteiger charge is -2.58. The Morgan fingerprint density at radius 2 is 1.96 bits per heavy atom. The summed E-state index contributed by atoms with van der Waals surface area (Å²) in [6.45, 7) is 5.11. The minimum atomic E-state index is -0.106. The molecule has 3 fully saturated rings. The van der Waals surface area contributed by atoms with Crippen molar-refractivity contribution in [3.05, 3.63) is 11.6 Å². The number of aliphatic hydroxyl groups is 1. The Kier molecular flexibility index (Phi) is 5.68. The van der Waals surface area contributed by atoms with Crippen molar-refractivity contribution in [3.63, 3.8) is 0 Å². The van der Waals surface area contributed by atoms with Crippen LogP contribution in [-0.4, -0.2) is 24.3 Å². The van der Waals surface area contributed by atoms with Gasteiger partial charge in [0.2, 0.25) is 0 Å². The molecule has 3 nitrogen and oxygen atoms in total. The molecule has 4 aliphatic carbocycles. The van der Waals surface area contributed by atoms with Crippen LogP contribution < -0.4 is 0 Å². The van der Waals surface area contributed by atoms with E-state index in [1.54, 1.807) is 5.57 Å². The molecule has 4 rings (SSSR count). The van der Waals surface area contributed by atoms with Crippen LogP contribution in [-0.2, 0) is 9.53 Å². The van der Waals surface area contributed by atoms with Crippen LogP contribution >= 0.6 is 0 Å². The fourth-order valence-electron chi connectivity index (χ4n) is 7.99. The molecule has 0 unspecified atom stereocenters. The Morgan fingerprint density at radius 3 is 2.75 bits per heavy atom. The second kappa shape index (κ2) is 7.78. The van der Waals surface area contributed by atoms with E-state index < -0.39 is 0 Å². The van der Waals surface area contributed by atoms with E-state index in [-0.39, 0.29) is 12.1 Å². The predicted molar refractivity (Wildman–Crippen MR) is 112 cm³/mol. The van der Waals surface area contributed by atoms with Crippen LogP contribution in [0.4, 0.5) is 0 Å². The van der Waals surface area contributed by atoms with Gasteiger partial charge in [0, 0.05) is 6.42 Å². The van der Waals surface area contributed by atoms with E-state index in [2.05, 4.69) is 19.9 Å². The van der Waals surface area contributed by atoms with Gasteiger partial charge in [-0.3, -0.25) is 4.79 Å². The zero-order chi connectivity index (χ0) is 19.9. The fraction of sp³-hybridized carbons (Fsp3) is 0.880. The molecule has 0 aromatic carbocycles. The van der Waals surface area contributed by atoms with Gasteiger partial charge < -0.3 is 9.84 Å². The maximum absolute atomic E-state index is 11.4. The van der Waals surface area contributed by atoms with Gasteiger partial charge in [0.15, 0.2) is 0 Å². The molecule has 0 aromatic heterocycles. The summed E-state index contributed by atoms with van der Waals surface area (Å²) in [5.41, 5.74) is 2.43. The summed E-state index contributed by atoms with van der Waals surface area (Å²) in [4.78, 5) is 11.4. The number of ether oxygens (including phenoxy) is 1. The van der Waals surface area contributed by atoms with Gasteiger partial charge >= 0.3 is 5.97 Å². The van der Waals surface area contributed by atoms with Crippen LogP contribution in [0.2, 0.25) is 0 Å². The monoisotopic (exact) mass is 388 g/mol. The lowest BCUT2D eigenvalue weighted by molar-refractivity contribution is -0.140. The molecule has 1 N–H and O–H groups in total. The molecule has 7 atom stereocenters. The van der Waals surface area contributed by atoms with Crippen molar-refractivity contribution >= 4 is 5.97 Å². The SMILES string of the molecule is COC(=O)CCCC[C@H]1CC[C@H]2[C@@H]3CC=C4C[C@@H](O)CC[C@]4(C)[C@H]3CC[C@]12C. The summed E-state index contributed by atoms with van der Waals surface area (Å²) in [6.07, 6.45) is 16.3. The molecule has 0 bridgehead atoms. The highest BCUT2D eigenvalue weighted by Crippen LogP contribution is 2.66. The van der Waals surface area contributed by atoms with Crippen LogP contribution in [0.3, 0.4) is 0 Å². The zero-order valence-electron chi connectivity index (χ0n) is 18.2. The number of hydrogen-bond donors (Lipinski definition) is 1. The van der Waals surface area contributed by atoms with Gasteiger partial charge in [-0.1, -0.05) is 31.9 Å². The van der Waals surface area contributed by atoms with E-state index in [4.69, 9.17) is 4.74 Å². The summed E-state index contributed by atoms with van der Waals surface area (Å²) in [5.74, 6) is 3.33. The van der Waals surface area contributed by atoms with Crippen LogP contribution in [0.5, 0.6) is 0 Å². The lowest BCUT2D eigenvalue weighted by Crippen LogP contribution is -2.50. The van der Waals surface area contributed by atoms with Gasteiger partial charge in [-0.05, 0) is 98.7 Å². The third-order valence-corrected chi connectivity index (χ3v) is 9.69. The first kappa shape index (κ1) is 20.4. The number of aliphatic hydroxyl groups excluding tert-OH is 1. The normalized spacial score (nSPS) is 44.9. The van der Waals surface area contributed by atoms with E-state index in [1.165, 1.54) is 52.1 Å². The topological polar surface area (TPSA) is 46.5 Å². The molecule has 158 valence electrons. The van der Waals surface area contributed by atoms with Gasteiger partial charge in [0.05, 0.1) is 13.2 Å². The number of esters is 1. The van der Waals surface area contributed by atoms with Crippen LogP contribution in [0, 0.1) is 34.5 Å². The maximum atomic E-state index is 11.4. The van der Waals surface area contributed by atoms with Gasteiger partial charge in [-0.15, -0.1) is 0 Å². The van der Waals surface area contributed by atoms with E-state index in [0.29, 0.717) is 17.3 Å². The third-order valence-electron chi connectivity index (χ3n) is 9.69. The molecule has 0 aromatic rings. The zero-order valence-corrected chi connectivity index (χ0v) is 18.2. The van der Waals surface area contributed by atoms with Crippen LogP contribution in [0.15, 0.2) is 11.6 Å². The van der Waals surface area contributed by atoms with Gasteiger partial charge in [0.1, 0.15) is 0 Å².